The van der Waals surface area contributed by atoms with Gasteiger partial charge in [0.1, 0.15) is 0 Å². The summed E-state index contributed by atoms with van der Waals surface area (Å²) in [5.74, 6) is 1.85. The van der Waals surface area contributed by atoms with Gasteiger partial charge in [0.05, 0.1) is 12.2 Å². The molecule has 0 aromatic carbocycles. The molecule has 4 unspecified atom stereocenters. The van der Waals surface area contributed by atoms with E-state index in [1.54, 1.807) is 0 Å². The molecule has 0 spiro atoms. The minimum absolute atomic E-state index is 0.0957. The quantitative estimate of drug-likeness (QED) is 0.661. The van der Waals surface area contributed by atoms with Crippen LogP contribution in [0.15, 0.2) is 0 Å². The summed E-state index contributed by atoms with van der Waals surface area (Å²) in [6, 6.07) is 0. The van der Waals surface area contributed by atoms with Crippen LogP contribution in [0.5, 0.6) is 0 Å². The molecule has 0 radical (unpaired) electrons. The molecule has 1 saturated heterocycles. The van der Waals surface area contributed by atoms with E-state index in [2.05, 4.69) is 41.5 Å². The van der Waals surface area contributed by atoms with Gasteiger partial charge in [0.15, 0.2) is 0 Å². The molecule has 3 aliphatic rings. The second-order valence-corrected chi connectivity index (χ2v) is 8.71. The zero-order valence-corrected chi connectivity index (χ0v) is 12.4. The van der Waals surface area contributed by atoms with Crippen LogP contribution in [0.3, 0.4) is 0 Å². The largest absolute Gasteiger partial charge is 0.375 e. The van der Waals surface area contributed by atoms with Crippen LogP contribution in [0.25, 0.3) is 0 Å². The third-order valence-corrected chi connectivity index (χ3v) is 6.74. The van der Waals surface area contributed by atoms with Crippen LogP contribution in [0.1, 0.15) is 60.8 Å². The summed E-state index contributed by atoms with van der Waals surface area (Å²) in [6.45, 7) is 15.5. The van der Waals surface area contributed by atoms with E-state index in [-0.39, 0.29) is 5.60 Å². The van der Waals surface area contributed by atoms with Crippen LogP contribution < -0.4 is 0 Å². The molecule has 0 amide bonds. The number of rotatable bonds is 1. The Morgan fingerprint density at radius 2 is 1.65 bits per heavy atom. The summed E-state index contributed by atoms with van der Waals surface area (Å²) in [4.78, 5) is 0. The van der Waals surface area contributed by atoms with Gasteiger partial charge in [-0.2, -0.15) is 0 Å². The first-order valence-corrected chi connectivity index (χ1v) is 7.25. The third-order valence-electron chi connectivity index (χ3n) is 6.74. The predicted octanol–water partition coefficient (Wildman–Crippen LogP) is 4.26. The molecule has 1 heteroatoms. The van der Waals surface area contributed by atoms with Gasteiger partial charge in [-0.25, -0.2) is 0 Å². The topological polar surface area (TPSA) is 9.23 Å². The van der Waals surface area contributed by atoms with E-state index in [9.17, 15) is 0 Å². The van der Waals surface area contributed by atoms with E-state index in [0.29, 0.717) is 16.2 Å². The van der Waals surface area contributed by atoms with Gasteiger partial charge in [-0.15, -0.1) is 0 Å². The monoisotopic (exact) mass is 236 g/mol. The van der Waals surface area contributed by atoms with Crippen molar-refractivity contribution in [2.45, 2.75) is 66.4 Å². The zero-order chi connectivity index (χ0) is 12.7. The van der Waals surface area contributed by atoms with Crippen LogP contribution in [-0.2, 0) is 4.74 Å². The molecular weight excluding hydrogens is 208 g/mol. The highest BCUT2D eigenvalue weighted by Gasteiger charge is 2.70. The molecule has 2 aliphatic carbocycles. The summed E-state index contributed by atoms with van der Waals surface area (Å²) in [5, 5.41) is 0. The Hall–Kier alpha value is -0.0400. The maximum atomic E-state index is 6.04. The van der Waals surface area contributed by atoms with Gasteiger partial charge in [-0.3, -0.25) is 0 Å². The molecule has 1 nitrogen and oxygen atoms in total. The molecule has 17 heavy (non-hydrogen) atoms. The Morgan fingerprint density at radius 1 is 1.00 bits per heavy atom. The summed E-state index contributed by atoms with van der Waals surface area (Å²) < 4.78 is 6.04. The highest BCUT2D eigenvalue weighted by molar-refractivity contribution is 5.19. The van der Waals surface area contributed by atoms with Crippen LogP contribution in [0, 0.1) is 28.1 Å². The van der Waals surface area contributed by atoms with Crippen molar-refractivity contribution in [1.29, 1.82) is 0 Å². The smallest absolute Gasteiger partial charge is 0.0632 e. The Balaban J connectivity index is 1.87. The zero-order valence-electron chi connectivity index (χ0n) is 12.4. The molecule has 98 valence electrons. The highest BCUT2D eigenvalue weighted by Crippen LogP contribution is 2.77. The number of hydrogen-bond donors (Lipinski definition) is 0. The predicted molar refractivity (Wildman–Crippen MR) is 70.9 cm³/mol. The summed E-state index contributed by atoms with van der Waals surface area (Å²) in [6.07, 6.45) is 4.15. The Morgan fingerprint density at radius 3 is 2.06 bits per heavy atom. The molecular formula is C16H28O. The molecule has 3 rings (SSSR count). The standard InChI is InChI=1S/C16H28O/c1-13(2)9-15(5,10-17-13)12-7-11-8-16(11,6)14(12,3)4/h11-12H,7-10H2,1-6H3. The van der Waals surface area contributed by atoms with Crippen LogP contribution >= 0.6 is 0 Å². The molecule has 1 heterocycles. The molecule has 4 atom stereocenters. The van der Waals surface area contributed by atoms with E-state index >= 15 is 0 Å². The number of ether oxygens (including phenoxy) is 1. The van der Waals surface area contributed by atoms with E-state index in [1.165, 1.54) is 19.3 Å². The average Bonchev–Trinajstić information content (AvgIpc) is 2.68. The molecule has 0 aromatic heterocycles. The average molecular weight is 236 g/mol. The van der Waals surface area contributed by atoms with Crippen LogP contribution in [-0.4, -0.2) is 12.2 Å². The first-order chi connectivity index (χ1) is 7.61. The molecule has 0 aromatic rings. The van der Waals surface area contributed by atoms with Gasteiger partial charge < -0.3 is 4.74 Å². The van der Waals surface area contributed by atoms with Crippen molar-refractivity contribution in [1.82, 2.24) is 0 Å². The normalized spacial score (nSPS) is 54.7. The highest BCUT2D eigenvalue weighted by atomic mass is 16.5. The third kappa shape index (κ3) is 1.41. The fraction of sp³-hybridized carbons (Fsp3) is 1.00. The molecule has 0 bridgehead atoms. The summed E-state index contributed by atoms with van der Waals surface area (Å²) >= 11 is 0. The van der Waals surface area contributed by atoms with Crippen LogP contribution in [0.2, 0.25) is 0 Å². The first kappa shape index (κ1) is 12.0. The Labute approximate surface area is 106 Å². The SMILES string of the molecule is CC1(C)CC(C)(C2CC3CC3(C)C2(C)C)CO1. The summed E-state index contributed by atoms with van der Waals surface area (Å²) in [5.41, 5.74) is 1.63. The van der Waals surface area contributed by atoms with Gasteiger partial charge >= 0.3 is 0 Å². The number of hydrogen-bond acceptors (Lipinski definition) is 1. The van der Waals surface area contributed by atoms with Gasteiger partial charge in [-0.05, 0) is 61.2 Å². The van der Waals surface area contributed by atoms with Crippen molar-refractivity contribution in [3.63, 3.8) is 0 Å². The van der Waals surface area contributed by atoms with E-state index in [1.807, 2.05) is 0 Å². The first-order valence-electron chi connectivity index (χ1n) is 7.25. The van der Waals surface area contributed by atoms with Crippen molar-refractivity contribution in [3.8, 4) is 0 Å². The molecule has 1 aliphatic heterocycles. The van der Waals surface area contributed by atoms with Crippen LogP contribution in [0.4, 0.5) is 0 Å². The Kier molecular flexibility index (Phi) is 2.07. The lowest BCUT2D eigenvalue weighted by atomic mass is 9.59. The minimum atomic E-state index is 0.0957. The Bertz CT molecular complexity index is 357. The van der Waals surface area contributed by atoms with E-state index in [0.717, 1.165) is 18.4 Å². The van der Waals surface area contributed by atoms with E-state index < -0.39 is 0 Å². The van der Waals surface area contributed by atoms with Crippen molar-refractivity contribution >= 4 is 0 Å². The fourth-order valence-corrected chi connectivity index (χ4v) is 5.38. The van der Waals surface area contributed by atoms with Gasteiger partial charge in [-0.1, -0.05) is 27.7 Å². The fourth-order valence-electron chi connectivity index (χ4n) is 5.38. The lowest BCUT2D eigenvalue weighted by Crippen LogP contribution is -2.40. The maximum absolute atomic E-state index is 6.04. The lowest BCUT2D eigenvalue weighted by molar-refractivity contribution is 0.00896. The van der Waals surface area contributed by atoms with Gasteiger partial charge in [0, 0.05) is 0 Å². The maximum Gasteiger partial charge on any atom is 0.0632 e. The second kappa shape index (κ2) is 2.92. The van der Waals surface area contributed by atoms with Crippen molar-refractivity contribution in [2.24, 2.45) is 28.1 Å². The van der Waals surface area contributed by atoms with Gasteiger partial charge in [0.2, 0.25) is 0 Å². The molecule has 3 fully saturated rings. The minimum Gasteiger partial charge on any atom is -0.375 e. The van der Waals surface area contributed by atoms with Crippen molar-refractivity contribution in [3.05, 3.63) is 0 Å². The van der Waals surface area contributed by atoms with Crippen molar-refractivity contribution < 1.29 is 4.74 Å². The van der Waals surface area contributed by atoms with Gasteiger partial charge in [0.25, 0.3) is 0 Å². The second-order valence-electron chi connectivity index (χ2n) is 8.71. The van der Waals surface area contributed by atoms with E-state index in [4.69, 9.17) is 4.74 Å². The molecule has 2 saturated carbocycles. The molecule has 0 N–H and O–H groups in total. The lowest BCUT2D eigenvalue weighted by Gasteiger charge is -2.44. The summed E-state index contributed by atoms with van der Waals surface area (Å²) in [7, 11) is 0. The van der Waals surface area contributed by atoms with Crippen molar-refractivity contribution in [2.75, 3.05) is 6.61 Å². The number of fused-ring (bicyclic) bond motifs is 1.